The van der Waals surface area contributed by atoms with Crippen molar-refractivity contribution < 1.29 is 9.53 Å². The van der Waals surface area contributed by atoms with Gasteiger partial charge in [0.1, 0.15) is 6.10 Å². The quantitative estimate of drug-likeness (QED) is 0.481. The summed E-state index contributed by atoms with van der Waals surface area (Å²) in [4.78, 5) is 15.4. The van der Waals surface area contributed by atoms with Crippen LogP contribution in [0.5, 0.6) is 0 Å². The van der Waals surface area contributed by atoms with Gasteiger partial charge in [-0.15, -0.1) is 22.9 Å². The zero-order valence-electron chi connectivity index (χ0n) is 9.76. The molecule has 1 aromatic carbocycles. The lowest BCUT2D eigenvalue weighted by Crippen LogP contribution is -2.20. The monoisotopic (exact) mass is 301 g/mol. The molecule has 2 rings (SSSR count). The van der Waals surface area contributed by atoms with Crippen LogP contribution in [0.3, 0.4) is 0 Å². The molecule has 0 N–H and O–H groups in total. The fourth-order valence-corrected chi connectivity index (χ4v) is 3.81. The zero-order valence-corrected chi connectivity index (χ0v) is 12.1. The standard InChI is InChI=1S/C12H12ClNO2S2/c1-8(15)16-9(6-13)7-17-12-14-10-4-2-3-5-11(10)18-12/h2-5,9H,6-7H2,1H3. The van der Waals surface area contributed by atoms with Gasteiger partial charge < -0.3 is 4.74 Å². The van der Waals surface area contributed by atoms with Gasteiger partial charge in [0.2, 0.25) is 0 Å². The van der Waals surface area contributed by atoms with Crippen LogP contribution in [0, 0.1) is 0 Å². The highest BCUT2D eigenvalue weighted by Crippen LogP contribution is 2.29. The molecule has 1 aromatic heterocycles. The van der Waals surface area contributed by atoms with Crippen molar-refractivity contribution in [1.82, 2.24) is 4.98 Å². The van der Waals surface area contributed by atoms with Crippen molar-refractivity contribution in [3.05, 3.63) is 24.3 Å². The van der Waals surface area contributed by atoms with E-state index in [0.29, 0.717) is 11.6 Å². The van der Waals surface area contributed by atoms with Crippen molar-refractivity contribution in [2.75, 3.05) is 11.6 Å². The maximum atomic E-state index is 10.9. The van der Waals surface area contributed by atoms with E-state index in [1.54, 1.807) is 23.1 Å². The lowest BCUT2D eigenvalue weighted by molar-refractivity contribution is -0.144. The summed E-state index contributed by atoms with van der Waals surface area (Å²) >= 11 is 8.95. The molecule has 0 saturated carbocycles. The van der Waals surface area contributed by atoms with E-state index < -0.39 is 0 Å². The summed E-state index contributed by atoms with van der Waals surface area (Å²) in [6, 6.07) is 8.00. The fourth-order valence-electron chi connectivity index (χ4n) is 1.42. The van der Waals surface area contributed by atoms with Crippen molar-refractivity contribution >= 4 is 50.9 Å². The number of fused-ring (bicyclic) bond motifs is 1. The Morgan fingerprint density at radius 3 is 3.00 bits per heavy atom. The number of carbonyl (C=O) groups excluding carboxylic acids is 1. The van der Waals surface area contributed by atoms with Gasteiger partial charge in [0, 0.05) is 12.7 Å². The van der Waals surface area contributed by atoms with Crippen molar-refractivity contribution in [2.45, 2.75) is 17.4 Å². The smallest absolute Gasteiger partial charge is 0.302 e. The van der Waals surface area contributed by atoms with Gasteiger partial charge >= 0.3 is 5.97 Å². The summed E-state index contributed by atoms with van der Waals surface area (Å²) in [5.41, 5.74) is 1.000. The average molecular weight is 302 g/mol. The third-order valence-corrected chi connectivity index (χ3v) is 4.83. The van der Waals surface area contributed by atoms with Gasteiger partial charge in [-0.05, 0) is 12.1 Å². The molecule has 0 amide bonds. The number of thioether (sulfide) groups is 1. The number of alkyl halides is 1. The molecule has 1 atom stereocenters. The molecular formula is C12H12ClNO2S2. The number of halogens is 1. The van der Waals surface area contributed by atoms with Crippen LogP contribution in [0.1, 0.15) is 6.92 Å². The molecule has 0 fully saturated rings. The van der Waals surface area contributed by atoms with Crippen LogP contribution in [0.4, 0.5) is 0 Å². The van der Waals surface area contributed by atoms with Crippen molar-refractivity contribution in [2.24, 2.45) is 0 Å². The Labute approximate surface area is 118 Å². The molecule has 0 bridgehead atoms. The maximum absolute atomic E-state index is 10.9. The molecule has 1 heterocycles. The molecular weight excluding hydrogens is 290 g/mol. The van der Waals surface area contributed by atoms with Crippen LogP contribution < -0.4 is 0 Å². The topological polar surface area (TPSA) is 39.2 Å². The summed E-state index contributed by atoms with van der Waals surface area (Å²) in [5.74, 6) is 0.631. The Kier molecular flexibility index (Phi) is 4.86. The van der Waals surface area contributed by atoms with E-state index >= 15 is 0 Å². The molecule has 0 aliphatic rings. The number of esters is 1. The van der Waals surface area contributed by atoms with E-state index in [4.69, 9.17) is 16.3 Å². The molecule has 6 heteroatoms. The zero-order chi connectivity index (χ0) is 13.0. The van der Waals surface area contributed by atoms with Gasteiger partial charge in [-0.2, -0.15) is 0 Å². The summed E-state index contributed by atoms with van der Waals surface area (Å²) < 4.78 is 7.21. The molecule has 0 saturated heterocycles. The first-order chi connectivity index (χ1) is 8.69. The second-order valence-electron chi connectivity index (χ2n) is 3.64. The van der Waals surface area contributed by atoms with E-state index in [1.807, 2.05) is 24.3 Å². The second kappa shape index (κ2) is 6.41. The van der Waals surface area contributed by atoms with Crippen molar-refractivity contribution in [1.29, 1.82) is 0 Å². The van der Waals surface area contributed by atoms with Crippen LogP contribution in [0.25, 0.3) is 10.2 Å². The molecule has 96 valence electrons. The van der Waals surface area contributed by atoms with Gasteiger partial charge in [0.05, 0.1) is 16.1 Å². The number of hydrogen-bond acceptors (Lipinski definition) is 5. The molecule has 18 heavy (non-hydrogen) atoms. The largest absolute Gasteiger partial charge is 0.460 e. The third-order valence-electron chi connectivity index (χ3n) is 2.17. The fraction of sp³-hybridized carbons (Fsp3) is 0.333. The predicted octanol–water partition coefficient (Wildman–Crippen LogP) is 3.56. The Morgan fingerprint density at radius 1 is 1.56 bits per heavy atom. The number of thiazole rings is 1. The van der Waals surface area contributed by atoms with Gasteiger partial charge in [-0.3, -0.25) is 4.79 Å². The highest BCUT2D eigenvalue weighted by Gasteiger charge is 2.13. The number of ether oxygens (including phenoxy) is 1. The van der Waals surface area contributed by atoms with Crippen LogP contribution in [0.15, 0.2) is 28.6 Å². The summed E-state index contributed by atoms with van der Waals surface area (Å²) in [6.07, 6.45) is -0.263. The molecule has 1 unspecified atom stereocenters. The Balaban J connectivity index is 1.98. The summed E-state index contributed by atoms with van der Waals surface area (Å²) in [5, 5.41) is 0. The number of carbonyl (C=O) groups is 1. The number of aromatic nitrogens is 1. The Morgan fingerprint density at radius 2 is 2.33 bits per heavy atom. The van der Waals surface area contributed by atoms with Crippen LogP contribution in [-0.4, -0.2) is 28.7 Å². The maximum Gasteiger partial charge on any atom is 0.302 e. The first kappa shape index (κ1) is 13.6. The van der Waals surface area contributed by atoms with E-state index in [1.165, 1.54) is 6.92 Å². The molecule has 0 aliphatic heterocycles. The van der Waals surface area contributed by atoms with Crippen molar-refractivity contribution in [3.8, 4) is 0 Å². The van der Waals surface area contributed by atoms with E-state index in [-0.39, 0.29) is 12.1 Å². The Bertz CT molecular complexity index is 511. The number of para-hydroxylation sites is 1. The number of nitrogens with zero attached hydrogens (tertiary/aromatic N) is 1. The normalized spacial score (nSPS) is 12.6. The van der Waals surface area contributed by atoms with E-state index in [9.17, 15) is 4.79 Å². The average Bonchev–Trinajstić information content (AvgIpc) is 2.76. The number of hydrogen-bond donors (Lipinski definition) is 0. The Hall–Kier alpha value is -0.780. The minimum atomic E-state index is -0.300. The van der Waals surface area contributed by atoms with E-state index in [2.05, 4.69) is 4.98 Å². The molecule has 3 nitrogen and oxygen atoms in total. The minimum absolute atomic E-state index is 0.263. The predicted molar refractivity (Wildman–Crippen MR) is 76.6 cm³/mol. The van der Waals surface area contributed by atoms with Gasteiger partial charge in [0.25, 0.3) is 0 Å². The number of benzene rings is 1. The molecule has 0 radical (unpaired) electrons. The van der Waals surface area contributed by atoms with Crippen LogP contribution in [0.2, 0.25) is 0 Å². The first-order valence-electron chi connectivity index (χ1n) is 5.40. The SMILES string of the molecule is CC(=O)OC(CCl)CSc1nc2ccccc2s1. The number of rotatable bonds is 5. The minimum Gasteiger partial charge on any atom is -0.460 e. The van der Waals surface area contributed by atoms with Crippen LogP contribution in [-0.2, 0) is 9.53 Å². The van der Waals surface area contributed by atoms with Gasteiger partial charge in [-0.1, -0.05) is 23.9 Å². The van der Waals surface area contributed by atoms with Gasteiger partial charge in [-0.25, -0.2) is 4.98 Å². The third kappa shape index (κ3) is 3.60. The molecule has 0 spiro atoms. The highest BCUT2D eigenvalue weighted by molar-refractivity contribution is 8.01. The van der Waals surface area contributed by atoms with Crippen molar-refractivity contribution in [3.63, 3.8) is 0 Å². The van der Waals surface area contributed by atoms with Crippen LogP contribution >= 0.6 is 34.7 Å². The molecule has 0 aliphatic carbocycles. The molecule has 2 aromatic rings. The highest BCUT2D eigenvalue weighted by atomic mass is 35.5. The van der Waals surface area contributed by atoms with E-state index in [0.717, 1.165) is 14.6 Å². The lowest BCUT2D eigenvalue weighted by Gasteiger charge is -2.12. The summed E-state index contributed by atoms with van der Waals surface area (Å²) in [6.45, 7) is 1.39. The van der Waals surface area contributed by atoms with Gasteiger partial charge in [0.15, 0.2) is 4.34 Å². The first-order valence-corrected chi connectivity index (χ1v) is 7.74. The summed E-state index contributed by atoms with van der Waals surface area (Å²) in [7, 11) is 0. The lowest BCUT2D eigenvalue weighted by atomic mass is 10.3. The second-order valence-corrected chi connectivity index (χ2v) is 6.25.